The number of amides is 1. The van der Waals surface area contributed by atoms with Crippen LogP contribution in [0.5, 0.6) is 0 Å². The molecule has 0 radical (unpaired) electrons. The minimum absolute atomic E-state index is 0.00704. The van der Waals surface area contributed by atoms with E-state index in [-0.39, 0.29) is 11.8 Å². The maximum atomic E-state index is 11.2. The van der Waals surface area contributed by atoms with Crippen LogP contribution in [0.3, 0.4) is 0 Å². The van der Waals surface area contributed by atoms with Crippen molar-refractivity contribution in [1.82, 2.24) is 0 Å². The van der Waals surface area contributed by atoms with Crippen molar-refractivity contribution in [3.8, 4) is 0 Å². The van der Waals surface area contributed by atoms with Crippen LogP contribution in [0.2, 0.25) is 0 Å². The van der Waals surface area contributed by atoms with Gasteiger partial charge < -0.3 is 5.32 Å². The van der Waals surface area contributed by atoms with Gasteiger partial charge in [0.05, 0.1) is 0 Å². The number of anilines is 1. The van der Waals surface area contributed by atoms with Gasteiger partial charge in [0.15, 0.2) is 0 Å². The van der Waals surface area contributed by atoms with E-state index in [1.54, 1.807) is 0 Å². The first kappa shape index (κ1) is 10.5. The van der Waals surface area contributed by atoms with Crippen LogP contribution in [0.25, 0.3) is 0 Å². The molecule has 80 valence electrons. The number of nitrogens with one attached hydrogen (secondary N) is 1. The first-order valence-corrected chi connectivity index (χ1v) is 5.71. The lowest BCUT2D eigenvalue weighted by Crippen LogP contribution is -2.13. The second-order valence-electron chi connectivity index (χ2n) is 3.98. The largest absolute Gasteiger partial charge is 0.325 e. The Kier molecular flexibility index (Phi) is 2.96. The van der Waals surface area contributed by atoms with E-state index in [0.29, 0.717) is 5.92 Å². The van der Waals surface area contributed by atoms with Crippen molar-refractivity contribution in [3.63, 3.8) is 0 Å². The highest BCUT2D eigenvalue weighted by Crippen LogP contribution is 2.42. The fraction of sp³-hybridized carbons (Fsp3) is 0.417. The van der Waals surface area contributed by atoms with Gasteiger partial charge in [-0.15, -0.1) is 11.6 Å². The van der Waals surface area contributed by atoms with Gasteiger partial charge in [-0.2, -0.15) is 0 Å². The Morgan fingerprint density at radius 3 is 2.87 bits per heavy atom. The molecule has 15 heavy (non-hydrogen) atoms. The number of benzene rings is 1. The van der Waals surface area contributed by atoms with Gasteiger partial charge in [0.25, 0.3) is 0 Å². The highest BCUT2D eigenvalue weighted by molar-refractivity contribution is 6.29. The van der Waals surface area contributed by atoms with Crippen molar-refractivity contribution in [2.75, 3.05) is 11.2 Å². The molecule has 1 N–H and O–H groups in total. The van der Waals surface area contributed by atoms with Gasteiger partial charge in [-0.1, -0.05) is 12.1 Å². The number of carbonyl (C=O) groups excluding carboxylic acids is 1. The lowest BCUT2D eigenvalue weighted by Gasteiger charge is -2.11. The molecule has 3 heteroatoms. The van der Waals surface area contributed by atoms with Crippen LogP contribution >= 0.6 is 11.6 Å². The van der Waals surface area contributed by atoms with Crippen LogP contribution in [0.15, 0.2) is 18.2 Å². The highest BCUT2D eigenvalue weighted by atomic mass is 35.5. The maximum absolute atomic E-state index is 11.2. The molecule has 1 aliphatic rings. The Morgan fingerprint density at radius 1 is 1.53 bits per heavy atom. The summed E-state index contributed by atoms with van der Waals surface area (Å²) in [6.45, 7) is 2.05. The molecule has 2 nitrogen and oxygen atoms in total. The van der Waals surface area contributed by atoms with Crippen molar-refractivity contribution < 1.29 is 4.79 Å². The van der Waals surface area contributed by atoms with Crippen LogP contribution in [0, 0.1) is 6.92 Å². The van der Waals surface area contributed by atoms with Crippen LogP contribution in [0.1, 0.15) is 29.9 Å². The van der Waals surface area contributed by atoms with Crippen molar-refractivity contribution in [2.24, 2.45) is 0 Å². The molecule has 1 aromatic rings. The van der Waals surface area contributed by atoms with E-state index in [1.165, 1.54) is 24.0 Å². The minimum atomic E-state index is -0.146. The zero-order chi connectivity index (χ0) is 10.8. The van der Waals surface area contributed by atoms with Gasteiger partial charge in [0.1, 0.15) is 5.88 Å². The summed E-state index contributed by atoms with van der Waals surface area (Å²) in [5, 5.41) is 2.81. The molecule has 1 amide bonds. The number of rotatable bonds is 3. The summed E-state index contributed by atoms with van der Waals surface area (Å²) in [6, 6.07) is 6.06. The van der Waals surface area contributed by atoms with Crippen molar-refractivity contribution in [1.29, 1.82) is 0 Å². The number of carbonyl (C=O) groups is 1. The predicted octanol–water partition coefficient (Wildman–Crippen LogP) is 3.05. The molecule has 0 unspecified atom stereocenters. The summed E-state index contributed by atoms with van der Waals surface area (Å²) in [4.78, 5) is 11.2. The topological polar surface area (TPSA) is 29.1 Å². The molecule has 0 aromatic heterocycles. The third kappa shape index (κ3) is 2.32. The molecular formula is C12H14ClNO. The van der Waals surface area contributed by atoms with E-state index in [4.69, 9.17) is 11.6 Å². The predicted molar refractivity (Wildman–Crippen MR) is 62.5 cm³/mol. The average Bonchev–Trinajstić information content (AvgIpc) is 3.04. The Bertz CT molecular complexity index is 385. The van der Waals surface area contributed by atoms with Gasteiger partial charge in [-0.05, 0) is 42.9 Å². The van der Waals surface area contributed by atoms with Gasteiger partial charge in [0, 0.05) is 5.69 Å². The molecule has 0 heterocycles. The Balaban J connectivity index is 2.23. The van der Waals surface area contributed by atoms with E-state index in [2.05, 4.69) is 18.3 Å². The van der Waals surface area contributed by atoms with Crippen LogP contribution < -0.4 is 5.32 Å². The third-order valence-electron chi connectivity index (χ3n) is 2.79. The summed E-state index contributed by atoms with van der Waals surface area (Å²) in [6.07, 6.45) is 2.54. The number of hydrogen-bond acceptors (Lipinski definition) is 1. The van der Waals surface area contributed by atoms with E-state index in [1.807, 2.05) is 12.1 Å². The zero-order valence-corrected chi connectivity index (χ0v) is 9.47. The van der Waals surface area contributed by atoms with Crippen molar-refractivity contribution in [3.05, 3.63) is 29.3 Å². The van der Waals surface area contributed by atoms with Crippen LogP contribution in [-0.4, -0.2) is 11.8 Å². The van der Waals surface area contributed by atoms with Gasteiger partial charge in [-0.25, -0.2) is 0 Å². The second-order valence-corrected chi connectivity index (χ2v) is 4.24. The zero-order valence-electron chi connectivity index (χ0n) is 8.72. The van der Waals surface area contributed by atoms with Crippen molar-refractivity contribution >= 4 is 23.2 Å². The number of hydrogen-bond donors (Lipinski definition) is 1. The standard InChI is InChI=1S/C12H14ClNO/c1-8-10(9-5-6-9)3-2-4-11(8)14-12(15)7-13/h2-4,9H,5-7H2,1H3,(H,14,15). The van der Waals surface area contributed by atoms with E-state index < -0.39 is 0 Å². The van der Waals surface area contributed by atoms with Crippen LogP contribution in [0.4, 0.5) is 5.69 Å². The molecule has 1 aliphatic carbocycles. The van der Waals surface area contributed by atoms with Gasteiger partial charge in [0.2, 0.25) is 5.91 Å². The molecule has 2 rings (SSSR count). The molecule has 0 aliphatic heterocycles. The Labute approximate surface area is 94.6 Å². The molecular weight excluding hydrogens is 210 g/mol. The monoisotopic (exact) mass is 223 g/mol. The summed E-state index contributed by atoms with van der Waals surface area (Å²) in [7, 11) is 0. The molecule has 0 spiro atoms. The van der Waals surface area contributed by atoms with E-state index in [0.717, 1.165) is 5.69 Å². The van der Waals surface area contributed by atoms with E-state index in [9.17, 15) is 4.79 Å². The van der Waals surface area contributed by atoms with Gasteiger partial charge in [-0.3, -0.25) is 4.79 Å². The number of halogens is 1. The molecule has 0 bridgehead atoms. The number of alkyl halides is 1. The quantitative estimate of drug-likeness (QED) is 0.785. The first-order chi connectivity index (χ1) is 7.22. The molecule has 0 saturated heterocycles. The summed E-state index contributed by atoms with van der Waals surface area (Å²) < 4.78 is 0. The lowest BCUT2D eigenvalue weighted by atomic mass is 10.0. The third-order valence-corrected chi connectivity index (χ3v) is 3.03. The fourth-order valence-corrected chi connectivity index (χ4v) is 1.88. The van der Waals surface area contributed by atoms with Crippen molar-refractivity contribution in [2.45, 2.75) is 25.7 Å². The normalized spacial score (nSPS) is 15.1. The second kappa shape index (κ2) is 4.23. The summed E-state index contributed by atoms with van der Waals surface area (Å²) >= 11 is 5.46. The molecule has 0 atom stereocenters. The average molecular weight is 224 g/mol. The van der Waals surface area contributed by atoms with E-state index >= 15 is 0 Å². The Hall–Kier alpha value is -1.02. The first-order valence-electron chi connectivity index (χ1n) is 5.17. The smallest absolute Gasteiger partial charge is 0.239 e. The Morgan fingerprint density at radius 2 is 2.27 bits per heavy atom. The fourth-order valence-electron chi connectivity index (χ4n) is 1.81. The molecule has 1 saturated carbocycles. The lowest BCUT2D eigenvalue weighted by molar-refractivity contribution is -0.113. The van der Waals surface area contributed by atoms with Crippen LogP contribution in [-0.2, 0) is 4.79 Å². The molecule has 1 aromatic carbocycles. The minimum Gasteiger partial charge on any atom is -0.325 e. The summed E-state index contributed by atoms with van der Waals surface area (Å²) in [5.74, 6) is 0.568. The molecule has 1 fully saturated rings. The SMILES string of the molecule is Cc1c(NC(=O)CCl)cccc1C1CC1. The maximum Gasteiger partial charge on any atom is 0.239 e. The summed E-state index contributed by atoms with van der Waals surface area (Å²) in [5.41, 5.74) is 3.44. The highest BCUT2D eigenvalue weighted by Gasteiger charge is 2.25. The van der Waals surface area contributed by atoms with Gasteiger partial charge >= 0.3 is 0 Å².